The highest BCUT2D eigenvalue weighted by molar-refractivity contribution is 6.32. The minimum atomic E-state index is -0.281. The summed E-state index contributed by atoms with van der Waals surface area (Å²) >= 11 is 6.52. The van der Waals surface area contributed by atoms with Gasteiger partial charge in [0.1, 0.15) is 16.8 Å². The van der Waals surface area contributed by atoms with Crippen LogP contribution in [0, 0.1) is 18.7 Å². The van der Waals surface area contributed by atoms with E-state index >= 15 is 0 Å². The van der Waals surface area contributed by atoms with Gasteiger partial charge in [0.15, 0.2) is 0 Å². The average molecular weight is 390 g/mol. The lowest BCUT2D eigenvalue weighted by atomic mass is 10.0. The van der Waals surface area contributed by atoms with Gasteiger partial charge in [0.2, 0.25) is 0 Å². The van der Waals surface area contributed by atoms with Crippen molar-refractivity contribution in [2.75, 3.05) is 13.1 Å². The van der Waals surface area contributed by atoms with Gasteiger partial charge in [-0.1, -0.05) is 24.9 Å². The van der Waals surface area contributed by atoms with Crippen molar-refractivity contribution in [2.24, 2.45) is 13.0 Å². The molecule has 1 aliphatic heterocycles. The molecule has 0 spiro atoms. The average Bonchev–Trinajstić information content (AvgIpc) is 3.26. The monoisotopic (exact) mass is 389 g/mol. The summed E-state index contributed by atoms with van der Waals surface area (Å²) in [6.07, 6.45) is 3.73. The Morgan fingerprint density at radius 1 is 1.33 bits per heavy atom. The molecule has 4 rings (SSSR count). The summed E-state index contributed by atoms with van der Waals surface area (Å²) in [7, 11) is 1.82. The van der Waals surface area contributed by atoms with Crippen molar-refractivity contribution in [1.82, 2.24) is 24.2 Å². The van der Waals surface area contributed by atoms with Crippen LogP contribution in [0.5, 0.6) is 0 Å². The Hall–Kier alpha value is -1.92. The molecule has 0 aliphatic carbocycles. The number of imidazole rings is 1. The number of halogens is 2. The SMILES string of the molecule is CCCC1CCN(Cn2c(-c3c(C)nn(C)c3Cl)nc3cc(F)ccc32)C1. The van der Waals surface area contributed by atoms with Crippen molar-refractivity contribution in [2.45, 2.75) is 39.8 Å². The van der Waals surface area contributed by atoms with E-state index in [1.54, 1.807) is 10.7 Å². The quantitative estimate of drug-likeness (QED) is 0.639. The molecule has 27 heavy (non-hydrogen) atoms. The predicted octanol–water partition coefficient (Wildman–Crippen LogP) is 4.62. The van der Waals surface area contributed by atoms with Crippen LogP contribution in [0.25, 0.3) is 22.4 Å². The zero-order valence-corrected chi connectivity index (χ0v) is 16.8. The van der Waals surface area contributed by atoms with E-state index in [2.05, 4.69) is 21.5 Å². The highest BCUT2D eigenvalue weighted by Gasteiger charge is 2.26. The molecule has 3 heterocycles. The van der Waals surface area contributed by atoms with Gasteiger partial charge >= 0.3 is 0 Å². The highest BCUT2D eigenvalue weighted by atomic mass is 35.5. The molecule has 144 valence electrons. The van der Waals surface area contributed by atoms with Crippen LogP contribution in [0.15, 0.2) is 18.2 Å². The van der Waals surface area contributed by atoms with Gasteiger partial charge in [-0.15, -0.1) is 0 Å². The summed E-state index contributed by atoms with van der Waals surface area (Å²) in [4.78, 5) is 7.19. The van der Waals surface area contributed by atoms with Crippen LogP contribution in [0.3, 0.4) is 0 Å². The smallest absolute Gasteiger partial charge is 0.147 e. The van der Waals surface area contributed by atoms with E-state index in [0.717, 1.165) is 48.3 Å². The number of aryl methyl sites for hydroxylation is 2. The first-order valence-corrected chi connectivity index (χ1v) is 9.93. The van der Waals surface area contributed by atoms with E-state index in [0.29, 0.717) is 10.7 Å². The molecule has 1 aliphatic rings. The molecule has 0 bridgehead atoms. The van der Waals surface area contributed by atoms with E-state index in [4.69, 9.17) is 16.6 Å². The second kappa shape index (κ2) is 7.24. The van der Waals surface area contributed by atoms with E-state index in [1.807, 2.05) is 14.0 Å². The number of fused-ring (bicyclic) bond motifs is 1. The maximum absolute atomic E-state index is 13.8. The maximum Gasteiger partial charge on any atom is 0.147 e. The van der Waals surface area contributed by atoms with Crippen LogP contribution >= 0.6 is 11.6 Å². The highest BCUT2D eigenvalue weighted by Crippen LogP contribution is 2.33. The largest absolute Gasteiger partial charge is 0.310 e. The number of hydrogen-bond donors (Lipinski definition) is 0. The molecule has 1 aromatic carbocycles. The third kappa shape index (κ3) is 3.36. The zero-order chi connectivity index (χ0) is 19.1. The predicted molar refractivity (Wildman–Crippen MR) is 106 cm³/mol. The number of aromatic nitrogens is 4. The Morgan fingerprint density at radius 3 is 2.85 bits per heavy atom. The number of hydrogen-bond acceptors (Lipinski definition) is 3. The molecule has 7 heteroatoms. The molecule has 1 atom stereocenters. The topological polar surface area (TPSA) is 38.9 Å². The molecular weight excluding hydrogens is 365 g/mol. The molecule has 0 amide bonds. The van der Waals surface area contributed by atoms with E-state index in [-0.39, 0.29) is 5.82 Å². The Bertz CT molecular complexity index is 977. The van der Waals surface area contributed by atoms with Gasteiger partial charge in [-0.3, -0.25) is 9.58 Å². The Morgan fingerprint density at radius 2 is 2.15 bits per heavy atom. The van der Waals surface area contributed by atoms with Gasteiger partial charge in [-0.2, -0.15) is 5.10 Å². The molecule has 0 saturated carbocycles. The second-order valence-electron chi connectivity index (χ2n) is 7.53. The lowest BCUT2D eigenvalue weighted by molar-refractivity contribution is 0.263. The molecule has 2 aromatic heterocycles. The van der Waals surface area contributed by atoms with Gasteiger partial charge in [-0.05, 0) is 37.8 Å². The van der Waals surface area contributed by atoms with Gasteiger partial charge in [0.05, 0.1) is 29.0 Å². The van der Waals surface area contributed by atoms with Crippen molar-refractivity contribution in [3.05, 3.63) is 34.9 Å². The van der Waals surface area contributed by atoms with Gasteiger partial charge in [-0.25, -0.2) is 9.37 Å². The molecule has 3 aromatic rings. The van der Waals surface area contributed by atoms with Crippen LogP contribution < -0.4 is 0 Å². The van der Waals surface area contributed by atoms with Crippen molar-refractivity contribution in [1.29, 1.82) is 0 Å². The third-order valence-electron chi connectivity index (χ3n) is 5.49. The van der Waals surface area contributed by atoms with Crippen LogP contribution in [-0.2, 0) is 13.7 Å². The van der Waals surface area contributed by atoms with E-state index in [9.17, 15) is 4.39 Å². The van der Waals surface area contributed by atoms with Crippen LogP contribution in [0.2, 0.25) is 5.15 Å². The second-order valence-corrected chi connectivity index (χ2v) is 7.89. The fourth-order valence-corrected chi connectivity index (χ4v) is 4.47. The van der Waals surface area contributed by atoms with Crippen LogP contribution in [0.1, 0.15) is 31.9 Å². The Balaban J connectivity index is 1.78. The third-order valence-corrected chi connectivity index (χ3v) is 5.93. The molecular formula is C20H25ClFN5. The van der Waals surface area contributed by atoms with Gasteiger partial charge in [0, 0.05) is 26.2 Å². The standard InChI is InChI=1S/C20H25ClFN5/c1-4-5-14-8-9-26(11-14)12-27-17-7-6-15(22)10-16(17)23-20(27)18-13(2)24-25(3)19(18)21/h6-7,10,14H,4-5,8-9,11-12H2,1-3H3. The summed E-state index contributed by atoms with van der Waals surface area (Å²) < 4.78 is 17.6. The molecule has 1 fully saturated rings. The lowest BCUT2D eigenvalue weighted by Crippen LogP contribution is -2.24. The minimum absolute atomic E-state index is 0.281. The molecule has 0 N–H and O–H groups in total. The van der Waals surface area contributed by atoms with Crippen molar-refractivity contribution >= 4 is 22.6 Å². The first-order valence-electron chi connectivity index (χ1n) is 9.55. The molecule has 5 nitrogen and oxygen atoms in total. The molecule has 1 saturated heterocycles. The van der Waals surface area contributed by atoms with Crippen molar-refractivity contribution in [3.8, 4) is 11.4 Å². The first-order chi connectivity index (χ1) is 13.0. The summed E-state index contributed by atoms with van der Waals surface area (Å²) in [5, 5.41) is 4.98. The van der Waals surface area contributed by atoms with Crippen LogP contribution in [-0.4, -0.2) is 37.3 Å². The van der Waals surface area contributed by atoms with E-state index < -0.39 is 0 Å². The number of benzene rings is 1. The van der Waals surface area contributed by atoms with Crippen molar-refractivity contribution in [3.63, 3.8) is 0 Å². The lowest BCUT2D eigenvalue weighted by Gasteiger charge is -2.19. The Kier molecular flexibility index (Phi) is 4.95. The van der Waals surface area contributed by atoms with Gasteiger partial charge in [0.25, 0.3) is 0 Å². The van der Waals surface area contributed by atoms with Crippen molar-refractivity contribution < 1.29 is 4.39 Å². The Labute approximate surface area is 163 Å². The summed E-state index contributed by atoms with van der Waals surface area (Å²) in [6, 6.07) is 4.78. The molecule has 0 radical (unpaired) electrons. The fourth-order valence-electron chi connectivity index (χ4n) is 4.21. The zero-order valence-electron chi connectivity index (χ0n) is 16.0. The number of rotatable bonds is 5. The number of likely N-dealkylation sites (tertiary alicyclic amines) is 1. The normalized spacial score (nSPS) is 18.0. The fraction of sp³-hybridized carbons (Fsp3) is 0.500. The number of nitrogens with zero attached hydrogens (tertiary/aromatic N) is 5. The summed E-state index contributed by atoms with van der Waals surface area (Å²) in [5.41, 5.74) is 3.21. The molecule has 1 unspecified atom stereocenters. The van der Waals surface area contributed by atoms with Crippen LogP contribution in [0.4, 0.5) is 4.39 Å². The summed E-state index contributed by atoms with van der Waals surface area (Å²) in [6.45, 7) is 7.06. The summed E-state index contributed by atoms with van der Waals surface area (Å²) in [5.74, 6) is 1.23. The minimum Gasteiger partial charge on any atom is -0.310 e. The van der Waals surface area contributed by atoms with Gasteiger partial charge < -0.3 is 4.57 Å². The maximum atomic E-state index is 13.8. The van der Waals surface area contributed by atoms with E-state index in [1.165, 1.54) is 31.4 Å². The first kappa shape index (κ1) is 18.4.